The summed E-state index contributed by atoms with van der Waals surface area (Å²) < 4.78 is 0. The summed E-state index contributed by atoms with van der Waals surface area (Å²) in [6.07, 6.45) is 3.52. The van der Waals surface area contributed by atoms with Crippen molar-refractivity contribution in [3.8, 4) is 0 Å². The van der Waals surface area contributed by atoms with Gasteiger partial charge in [-0.15, -0.1) is 0 Å². The number of likely N-dealkylation sites (N-methyl/N-ethyl adjacent to an activating group) is 1. The van der Waals surface area contributed by atoms with Gasteiger partial charge < -0.3 is 15.5 Å². The maximum Gasteiger partial charge on any atom is 0.239 e. The molecule has 0 bridgehead atoms. The molecule has 0 unspecified atom stereocenters. The van der Waals surface area contributed by atoms with Crippen LogP contribution in [0.5, 0.6) is 0 Å². The zero-order valence-electron chi connectivity index (χ0n) is 10.1. The highest BCUT2D eigenvalue weighted by molar-refractivity contribution is 5.82. The highest BCUT2D eigenvalue weighted by atomic mass is 16.2. The van der Waals surface area contributed by atoms with Gasteiger partial charge in [0.15, 0.2) is 0 Å². The van der Waals surface area contributed by atoms with Crippen LogP contribution in [0.25, 0.3) is 0 Å². The molecule has 1 saturated heterocycles. The number of carbonyl (C=O) groups is 2. The first-order chi connectivity index (χ1) is 7.65. The van der Waals surface area contributed by atoms with Crippen molar-refractivity contribution < 1.29 is 9.59 Å². The maximum absolute atomic E-state index is 11.9. The summed E-state index contributed by atoms with van der Waals surface area (Å²) in [5.74, 6) is 0.0693. The predicted octanol–water partition coefficient (Wildman–Crippen LogP) is -0.277. The number of nitrogens with zero attached hydrogens (tertiary/aromatic N) is 1. The fourth-order valence-corrected chi connectivity index (χ4v) is 1.83. The van der Waals surface area contributed by atoms with Gasteiger partial charge in [-0.2, -0.15) is 0 Å². The van der Waals surface area contributed by atoms with Crippen LogP contribution in [0.1, 0.15) is 25.7 Å². The standard InChI is InChI=1S/C11H21N3O2/c1-12-10(15)6-8-14(2)11(16)9-5-3-4-7-13-9/h9,13H,3-8H2,1-2H3,(H,12,15)/t9-/m0/s1. The first-order valence-corrected chi connectivity index (χ1v) is 5.84. The number of hydrogen-bond donors (Lipinski definition) is 2. The fourth-order valence-electron chi connectivity index (χ4n) is 1.83. The Labute approximate surface area is 96.6 Å². The molecular weight excluding hydrogens is 206 g/mol. The van der Waals surface area contributed by atoms with Gasteiger partial charge in [0.05, 0.1) is 6.04 Å². The molecule has 0 aromatic rings. The smallest absolute Gasteiger partial charge is 0.239 e. The number of carbonyl (C=O) groups excluding carboxylic acids is 2. The van der Waals surface area contributed by atoms with E-state index in [4.69, 9.17) is 0 Å². The number of amides is 2. The molecular formula is C11H21N3O2. The van der Waals surface area contributed by atoms with E-state index >= 15 is 0 Å². The quantitative estimate of drug-likeness (QED) is 0.694. The van der Waals surface area contributed by atoms with Gasteiger partial charge in [0.25, 0.3) is 0 Å². The molecule has 0 aromatic heterocycles. The lowest BCUT2D eigenvalue weighted by Gasteiger charge is -2.27. The van der Waals surface area contributed by atoms with E-state index in [2.05, 4.69) is 10.6 Å². The van der Waals surface area contributed by atoms with Crippen molar-refractivity contribution in [3.63, 3.8) is 0 Å². The Morgan fingerprint density at radius 1 is 1.44 bits per heavy atom. The third kappa shape index (κ3) is 3.81. The third-order valence-electron chi connectivity index (χ3n) is 2.94. The van der Waals surface area contributed by atoms with Crippen LogP contribution < -0.4 is 10.6 Å². The molecule has 0 radical (unpaired) electrons. The Kier molecular flexibility index (Phi) is 5.25. The molecule has 2 amide bonds. The lowest BCUT2D eigenvalue weighted by molar-refractivity contribution is -0.133. The van der Waals surface area contributed by atoms with Crippen LogP contribution in [0.2, 0.25) is 0 Å². The van der Waals surface area contributed by atoms with E-state index in [1.807, 2.05) is 0 Å². The highest BCUT2D eigenvalue weighted by Gasteiger charge is 2.23. The lowest BCUT2D eigenvalue weighted by Crippen LogP contribution is -2.47. The van der Waals surface area contributed by atoms with Crippen molar-refractivity contribution in [2.45, 2.75) is 31.7 Å². The zero-order valence-corrected chi connectivity index (χ0v) is 10.1. The van der Waals surface area contributed by atoms with Crippen molar-refractivity contribution in [2.24, 2.45) is 0 Å². The summed E-state index contributed by atoms with van der Waals surface area (Å²) in [5, 5.41) is 5.76. The lowest BCUT2D eigenvalue weighted by atomic mass is 10.0. The molecule has 16 heavy (non-hydrogen) atoms. The van der Waals surface area contributed by atoms with E-state index < -0.39 is 0 Å². The average molecular weight is 227 g/mol. The summed E-state index contributed by atoms with van der Waals surface area (Å²) in [7, 11) is 3.36. The first kappa shape index (κ1) is 13.0. The SMILES string of the molecule is CNC(=O)CCN(C)C(=O)[C@@H]1CCCCN1. The van der Waals surface area contributed by atoms with Crippen molar-refractivity contribution in [1.29, 1.82) is 0 Å². The van der Waals surface area contributed by atoms with E-state index in [1.54, 1.807) is 19.0 Å². The van der Waals surface area contributed by atoms with Crippen LogP contribution in [-0.2, 0) is 9.59 Å². The summed E-state index contributed by atoms with van der Waals surface area (Å²) in [6.45, 7) is 1.40. The third-order valence-corrected chi connectivity index (χ3v) is 2.94. The number of hydrogen-bond acceptors (Lipinski definition) is 3. The van der Waals surface area contributed by atoms with E-state index in [0.29, 0.717) is 13.0 Å². The molecule has 5 nitrogen and oxygen atoms in total. The van der Waals surface area contributed by atoms with E-state index in [1.165, 1.54) is 0 Å². The minimum absolute atomic E-state index is 0.0312. The second kappa shape index (κ2) is 6.48. The monoisotopic (exact) mass is 227 g/mol. The number of piperidine rings is 1. The largest absolute Gasteiger partial charge is 0.359 e. The van der Waals surface area contributed by atoms with Gasteiger partial charge >= 0.3 is 0 Å². The van der Waals surface area contributed by atoms with Crippen LogP contribution in [0.3, 0.4) is 0 Å². The van der Waals surface area contributed by atoms with Crippen LogP contribution >= 0.6 is 0 Å². The molecule has 5 heteroatoms. The summed E-state index contributed by atoms with van der Waals surface area (Å²) in [5.41, 5.74) is 0. The van der Waals surface area contributed by atoms with E-state index in [9.17, 15) is 9.59 Å². The number of nitrogens with one attached hydrogen (secondary N) is 2. The van der Waals surface area contributed by atoms with Gasteiger partial charge in [0.1, 0.15) is 0 Å². The van der Waals surface area contributed by atoms with Gasteiger partial charge in [0.2, 0.25) is 11.8 Å². The van der Waals surface area contributed by atoms with Crippen LogP contribution in [0.15, 0.2) is 0 Å². The minimum Gasteiger partial charge on any atom is -0.359 e. The van der Waals surface area contributed by atoms with Gasteiger partial charge in [0, 0.05) is 27.1 Å². The molecule has 0 saturated carbocycles. The molecule has 1 atom stereocenters. The molecule has 0 aromatic carbocycles. The van der Waals surface area contributed by atoms with Crippen molar-refractivity contribution in [3.05, 3.63) is 0 Å². The maximum atomic E-state index is 11.9. The molecule has 0 spiro atoms. The van der Waals surface area contributed by atoms with Gasteiger partial charge in [-0.3, -0.25) is 9.59 Å². The van der Waals surface area contributed by atoms with Crippen molar-refractivity contribution in [1.82, 2.24) is 15.5 Å². The second-order valence-electron chi connectivity index (χ2n) is 4.19. The molecule has 1 heterocycles. The topological polar surface area (TPSA) is 61.4 Å². The molecule has 1 aliphatic rings. The Morgan fingerprint density at radius 3 is 2.75 bits per heavy atom. The average Bonchev–Trinajstić information content (AvgIpc) is 2.35. The first-order valence-electron chi connectivity index (χ1n) is 5.84. The van der Waals surface area contributed by atoms with Crippen molar-refractivity contribution >= 4 is 11.8 Å². The Bertz CT molecular complexity index is 250. The van der Waals surface area contributed by atoms with E-state index in [-0.39, 0.29) is 17.9 Å². The van der Waals surface area contributed by atoms with Gasteiger partial charge in [-0.1, -0.05) is 6.42 Å². The predicted molar refractivity (Wildman–Crippen MR) is 62.0 cm³/mol. The summed E-state index contributed by atoms with van der Waals surface area (Å²) in [4.78, 5) is 24.6. The fraction of sp³-hybridized carbons (Fsp3) is 0.818. The summed E-state index contributed by atoms with van der Waals surface area (Å²) in [6, 6.07) is -0.0524. The van der Waals surface area contributed by atoms with Crippen LogP contribution in [0.4, 0.5) is 0 Å². The molecule has 1 fully saturated rings. The molecule has 92 valence electrons. The summed E-state index contributed by atoms with van der Waals surface area (Å²) >= 11 is 0. The van der Waals surface area contributed by atoms with Gasteiger partial charge in [-0.05, 0) is 19.4 Å². The molecule has 0 aliphatic carbocycles. The molecule has 2 N–H and O–H groups in total. The minimum atomic E-state index is -0.0524. The van der Waals surface area contributed by atoms with Gasteiger partial charge in [-0.25, -0.2) is 0 Å². The van der Waals surface area contributed by atoms with Crippen LogP contribution in [0, 0.1) is 0 Å². The van der Waals surface area contributed by atoms with Crippen LogP contribution in [-0.4, -0.2) is 49.9 Å². The number of rotatable bonds is 4. The van der Waals surface area contributed by atoms with E-state index in [0.717, 1.165) is 25.8 Å². The highest BCUT2D eigenvalue weighted by Crippen LogP contribution is 2.09. The second-order valence-corrected chi connectivity index (χ2v) is 4.19. The Morgan fingerprint density at radius 2 is 2.19 bits per heavy atom. The normalized spacial score (nSPS) is 20.2. The Hall–Kier alpha value is -1.10. The zero-order chi connectivity index (χ0) is 12.0. The van der Waals surface area contributed by atoms with Crippen molar-refractivity contribution in [2.75, 3.05) is 27.2 Å². The molecule has 1 aliphatic heterocycles. The molecule has 1 rings (SSSR count). The Balaban J connectivity index is 2.31.